The van der Waals surface area contributed by atoms with E-state index in [9.17, 15) is 34.5 Å². The molecule has 6 atom stereocenters. The summed E-state index contributed by atoms with van der Waals surface area (Å²) in [5.74, 6) is -2.19. The van der Waals surface area contributed by atoms with Crippen LogP contribution < -0.4 is 15.4 Å². The number of amidine groups is 1. The number of nitrogens with one attached hydrogen (secondary N) is 2. The molecule has 7 rings (SSSR count). The number of benzene rings is 3. The van der Waals surface area contributed by atoms with E-state index < -0.39 is 54.4 Å². The molecule has 2 saturated heterocycles. The number of likely N-dealkylation sites (N-methyl/N-ethyl adjacent to an activating group) is 1. The number of nitrogens with zero attached hydrogens (tertiary/aromatic N) is 4. The predicted molar refractivity (Wildman–Crippen MR) is 206 cm³/mol. The molecule has 15 nitrogen and oxygen atoms in total. The molecule has 0 saturated carbocycles. The number of hydrogen-bond acceptors (Lipinski definition) is 11. The number of carboxylic acid groups (broad SMARTS) is 1. The molecule has 4 aliphatic rings. The topological polar surface area (TPSA) is 194 Å². The first-order valence-electron chi connectivity index (χ1n) is 18.0. The van der Waals surface area contributed by atoms with Crippen molar-refractivity contribution in [2.45, 2.75) is 44.9 Å². The Morgan fingerprint density at radius 3 is 2.50 bits per heavy atom. The first-order chi connectivity index (χ1) is 26.7. The highest BCUT2D eigenvalue weighted by molar-refractivity contribution is 6.31. The largest absolute Gasteiger partial charge is 0.477 e. The number of amides is 3. The number of aliphatic hydroxyl groups is 2. The van der Waals surface area contributed by atoms with Crippen molar-refractivity contribution in [3.05, 3.63) is 98.7 Å². The van der Waals surface area contributed by atoms with Crippen molar-refractivity contribution in [3.63, 3.8) is 0 Å². The van der Waals surface area contributed by atoms with Crippen molar-refractivity contribution in [3.8, 4) is 5.75 Å². The summed E-state index contributed by atoms with van der Waals surface area (Å²) in [6, 6.07) is 15.7. The summed E-state index contributed by atoms with van der Waals surface area (Å²) in [6.07, 6.45) is -3.39. The van der Waals surface area contributed by atoms with E-state index in [4.69, 9.17) is 32.7 Å². The van der Waals surface area contributed by atoms with Crippen LogP contribution in [0.3, 0.4) is 0 Å². The van der Waals surface area contributed by atoms with Crippen LogP contribution in [-0.2, 0) is 20.9 Å². The van der Waals surface area contributed by atoms with Crippen molar-refractivity contribution < 1.29 is 44.0 Å². The summed E-state index contributed by atoms with van der Waals surface area (Å²) in [5.41, 5.74) is 3.13. The normalized spacial score (nSPS) is 23.3. The van der Waals surface area contributed by atoms with E-state index in [0.717, 1.165) is 0 Å². The van der Waals surface area contributed by atoms with Gasteiger partial charge in [0.05, 0.1) is 29.7 Å². The number of rotatable bonds is 9. The van der Waals surface area contributed by atoms with E-state index in [0.29, 0.717) is 63.2 Å². The third-order valence-corrected chi connectivity index (χ3v) is 11.0. The second-order valence-corrected chi connectivity index (χ2v) is 15.1. The minimum absolute atomic E-state index is 0.0701. The average Bonchev–Trinajstić information content (AvgIpc) is 3.43. The Kier molecular flexibility index (Phi) is 11.0. The Morgan fingerprint density at radius 2 is 1.79 bits per heavy atom. The van der Waals surface area contributed by atoms with Crippen LogP contribution in [0.4, 0.5) is 15.3 Å². The van der Waals surface area contributed by atoms with Gasteiger partial charge in [-0.05, 0) is 60.0 Å². The zero-order valence-electron chi connectivity index (χ0n) is 30.6. The maximum Gasteiger partial charge on any atom is 0.415 e. The Morgan fingerprint density at radius 1 is 1.07 bits per heavy atom. The van der Waals surface area contributed by atoms with Crippen molar-refractivity contribution >= 4 is 64.4 Å². The number of β-lactam (4-membered cyclic amide) rings is 1. The average molecular weight is 808 g/mol. The number of aliphatic carboxylic acids is 1. The van der Waals surface area contributed by atoms with Gasteiger partial charge in [0.2, 0.25) is 5.91 Å². The number of halogens is 2. The fraction of sp³-hybridized carbons (Fsp3) is 0.359. The number of carbonyl (C=O) groups excluding carboxylic acids is 3. The monoisotopic (exact) mass is 806 g/mol. The standard InChI is InChI=1S/C39H40Cl2N6O9/c1-19-30(33(37(51)52)47-32(19)31(20(2)48)36(47)50)22-6-4-21(5-7-22)18-55-38(53)45(3)17-25-16-42-12-13-46(25)39(54)56-29-11-9-24(41)15-27(29)34-43-28-10-8-23(40)14-26(28)35(49)44-34/h4-11,14-15,19-20,25,31-32,35,42,48-49H,12-13,16-18H2,1-3H3,(H,43,44)(H,51,52)/t19-,20+,25?,31?,32+,35?/m0/s1. The zero-order valence-corrected chi connectivity index (χ0v) is 32.1. The summed E-state index contributed by atoms with van der Waals surface area (Å²) < 4.78 is 11.5. The second-order valence-electron chi connectivity index (χ2n) is 14.2. The van der Waals surface area contributed by atoms with Gasteiger partial charge in [0, 0.05) is 60.4 Å². The molecule has 17 heteroatoms. The molecule has 3 aromatic rings. The summed E-state index contributed by atoms with van der Waals surface area (Å²) in [6.45, 7) is 4.63. The fourth-order valence-corrected chi connectivity index (χ4v) is 8.17. The van der Waals surface area contributed by atoms with Crippen LogP contribution in [0.25, 0.3) is 5.57 Å². The zero-order chi connectivity index (χ0) is 40.0. The van der Waals surface area contributed by atoms with Gasteiger partial charge in [0.15, 0.2) is 6.23 Å². The first kappa shape index (κ1) is 39.1. The van der Waals surface area contributed by atoms with Crippen molar-refractivity contribution in [2.24, 2.45) is 16.8 Å². The molecular formula is C39H40Cl2N6O9. The van der Waals surface area contributed by atoms with Gasteiger partial charge in [0.1, 0.15) is 23.9 Å². The molecule has 0 bridgehead atoms. The Hall–Kier alpha value is -5.19. The molecule has 0 aromatic heterocycles. The minimum atomic E-state index is -1.22. The molecule has 3 unspecified atom stereocenters. The highest BCUT2D eigenvalue weighted by atomic mass is 35.5. The Balaban J connectivity index is 0.978. The third-order valence-electron chi connectivity index (χ3n) is 10.6. The number of piperazine rings is 1. The van der Waals surface area contributed by atoms with Crippen LogP contribution in [0.5, 0.6) is 5.75 Å². The molecular weight excluding hydrogens is 767 g/mol. The smallest absolute Gasteiger partial charge is 0.415 e. The van der Waals surface area contributed by atoms with Gasteiger partial charge < -0.3 is 50.1 Å². The number of anilines is 1. The Labute approximate surface area is 332 Å². The van der Waals surface area contributed by atoms with Gasteiger partial charge in [0.25, 0.3) is 0 Å². The molecule has 3 aromatic carbocycles. The lowest BCUT2D eigenvalue weighted by molar-refractivity contribution is -0.163. The van der Waals surface area contributed by atoms with Gasteiger partial charge in [-0.2, -0.15) is 0 Å². The second kappa shape index (κ2) is 15.7. The number of carbonyl (C=O) groups is 4. The van der Waals surface area contributed by atoms with Crippen LogP contribution in [0.2, 0.25) is 10.0 Å². The van der Waals surface area contributed by atoms with Crippen LogP contribution in [0, 0.1) is 11.8 Å². The van der Waals surface area contributed by atoms with Crippen molar-refractivity contribution in [2.75, 3.05) is 38.5 Å². The number of aliphatic imine (C=N–C) groups is 1. The van der Waals surface area contributed by atoms with E-state index in [2.05, 4.69) is 15.6 Å². The van der Waals surface area contributed by atoms with Gasteiger partial charge >= 0.3 is 18.2 Å². The van der Waals surface area contributed by atoms with Gasteiger partial charge in [-0.1, -0.05) is 54.4 Å². The van der Waals surface area contributed by atoms with Crippen molar-refractivity contribution in [1.29, 1.82) is 0 Å². The highest BCUT2D eigenvalue weighted by Crippen LogP contribution is 2.50. The number of carboxylic acids is 1. The fourth-order valence-electron chi connectivity index (χ4n) is 7.82. The van der Waals surface area contributed by atoms with Crippen molar-refractivity contribution in [1.82, 2.24) is 20.0 Å². The quantitative estimate of drug-likeness (QED) is 0.191. The van der Waals surface area contributed by atoms with Gasteiger partial charge in [-0.3, -0.25) is 4.79 Å². The summed E-state index contributed by atoms with van der Waals surface area (Å²) in [4.78, 5) is 60.3. The summed E-state index contributed by atoms with van der Waals surface area (Å²) >= 11 is 12.4. The van der Waals surface area contributed by atoms with E-state index in [-0.39, 0.29) is 36.4 Å². The molecule has 2 fully saturated rings. The third kappa shape index (κ3) is 7.40. The first-order valence-corrected chi connectivity index (χ1v) is 18.8. The number of aliphatic hydroxyl groups excluding tert-OH is 2. The van der Waals surface area contributed by atoms with E-state index >= 15 is 0 Å². The maximum absolute atomic E-state index is 13.7. The lowest BCUT2D eigenvalue weighted by Gasteiger charge is -2.46. The highest BCUT2D eigenvalue weighted by Gasteiger charge is 2.60. The SMILES string of the molecule is C[C@@H](O)C1C(=O)N2C(C(=O)O)=C(c3ccc(COC(=O)N(C)CC4CNCCN4C(=O)Oc4ccc(Cl)cc4C4=NC(O)c5cc(Cl)ccc5N4)cc3)[C@H](C)[C@H]12. The van der Waals surface area contributed by atoms with E-state index in [1.807, 2.05) is 6.92 Å². The number of ether oxygens (including phenoxy) is 2. The minimum Gasteiger partial charge on any atom is -0.477 e. The molecule has 0 aliphatic carbocycles. The van der Waals surface area contributed by atoms with Gasteiger partial charge in [-0.25, -0.2) is 19.4 Å². The van der Waals surface area contributed by atoms with Crippen LogP contribution in [0.15, 0.2) is 71.4 Å². The molecule has 0 radical (unpaired) electrons. The lowest BCUT2D eigenvalue weighted by Crippen LogP contribution is -2.63. The van der Waals surface area contributed by atoms with E-state index in [1.165, 1.54) is 21.6 Å². The molecule has 294 valence electrons. The molecule has 0 spiro atoms. The predicted octanol–water partition coefficient (Wildman–Crippen LogP) is 4.55. The molecule has 4 aliphatic heterocycles. The molecule has 4 heterocycles. The summed E-state index contributed by atoms with van der Waals surface area (Å²) in [5, 5.41) is 38.1. The van der Waals surface area contributed by atoms with Crippen LogP contribution >= 0.6 is 23.2 Å². The van der Waals surface area contributed by atoms with Gasteiger partial charge in [-0.15, -0.1) is 0 Å². The summed E-state index contributed by atoms with van der Waals surface area (Å²) in [7, 11) is 1.57. The van der Waals surface area contributed by atoms with Crippen LogP contribution in [0.1, 0.15) is 42.3 Å². The number of hydrogen-bond donors (Lipinski definition) is 5. The van der Waals surface area contributed by atoms with Crippen LogP contribution in [-0.4, -0.2) is 111 Å². The molecule has 56 heavy (non-hydrogen) atoms. The Bertz CT molecular complexity index is 2140. The number of fused-ring (bicyclic) bond motifs is 2. The molecule has 5 N–H and O–H groups in total. The molecule has 3 amide bonds. The van der Waals surface area contributed by atoms with E-state index in [1.54, 1.807) is 67.7 Å². The maximum atomic E-state index is 13.7. The lowest BCUT2D eigenvalue weighted by atomic mass is 9.77.